The molecule has 0 amide bonds. The number of hydrogen-bond acceptors (Lipinski definition) is 2. The molecule has 1 aliphatic rings. The summed E-state index contributed by atoms with van der Waals surface area (Å²) in [5.74, 6) is 0.219. The van der Waals surface area contributed by atoms with E-state index in [1.807, 2.05) is 43.3 Å². The molecule has 0 aromatic heterocycles. The molecular formula is C21H23NO. The summed E-state index contributed by atoms with van der Waals surface area (Å²) in [6.07, 6.45) is 0. The van der Waals surface area contributed by atoms with Gasteiger partial charge in [-0.2, -0.15) is 0 Å². The molecule has 2 heteroatoms. The van der Waals surface area contributed by atoms with Gasteiger partial charge in [0.05, 0.1) is 0 Å². The average molecular weight is 305 g/mol. The first kappa shape index (κ1) is 15.5. The lowest BCUT2D eigenvalue weighted by atomic mass is 9.58. The van der Waals surface area contributed by atoms with Crippen LogP contribution in [0.4, 0.5) is 0 Å². The molecule has 0 saturated heterocycles. The van der Waals surface area contributed by atoms with Gasteiger partial charge in [-0.25, -0.2) is 0 Å². The van der Waals surface area contributed by atoms with Gasteiger partial charge >= 0.3 is 0 Å². The monoisotopic (exact) mass is 305 g/mol. The Hall–Kier alpha value is -2.35. The highest BCUT2D eigenvalue weighted by molar-refractivity contribution is 6.16. The van der Waals surface area contributed by atoms with Crippen molar-refractivity contribution in [1.82, 2.24) is 4.90 Å². The van der Waals surface area contributed by atoms with Crippen molar-refractivity contribution in [2.75, 3.05) is 13.1 Å². The topological polar surface area (TPSA) is 20.3 Å². The highest BCUT2D eigenvalue weighted by atomic mass is 16.1. The lowest BCUT2D eigenvalue weighted by Gasteiger charge is -2.49. The molecular weight excluding hydrogens is 282 g/mol. The van der Waals surface area contributed by atoms with Crippen molar-refractivity contribution in [2.45, 2.75) is 26.2 Å². The number of ketones is 1. The SMILES string of the molecule is CCN(CC)C1=C(C)C(=O)C1(c1ccccc1)c1ccccc1. The minimum atomic E-state index is -0.654. The van der Waals surface area contributed by atoms with E-state index in [0.717, 1.165) is 35.5 Å². The zero-order chi connectivity index (χ0) is 16.4. The number of Topliss-reactive ketones (excluding diaryl/α,β-unsaturated/α-hetero) is 1. The Morgan fingerprint density at radius 2 is 1.26 bits per heavy atom. The molecule has 0 atom stereocenters. The lowest BCUT2D eigenvalue weighted by molar-refractivity contribution is -0.121. The number of carbonyl (C=O) groups is 1. The van der Waals surface area contributed by atoms with Crippen molar-refractivity contribution >= 4 is 5.78 Å². The van der Waals surface area contributed by atoms with E-state index < -0.39 is 5.41 Å². The Balaban J connectivity index is 2.29. The van der Waals surface area contributed by atoms with Crippen molar-refractivity contribution in [3.63, 3.8) is 0 Å². The number of likely N-dealkylation sites (N-methyl/N-ethyl adjacent to an activating group) is 1. The van der Waals surface area contributed by atoms with Crippen molar-refractivity contribution < 1.29 is 4.79 Å². The van der Waals surface area contributed by atoms with Gasteiger partial charge in [-0.3, -0.25) is 4.79 Å². The number of rotatable bonds is 5. The molecule has 0 N–H and O–H groups in total. The second-order valence-corrected chi connectivity index (χ2v) is 5.96. The van der Waals surface area contributed by atoms with E-state index in [9.17, 15) is 4.79 Å². The van der Waals surface area contributed by atoms with Crippen molar-refractivity contribution in [1.29, 1.82) is 0 Å². The summed E-state index contributed by atoms with van der Waals surface area (Å²) in [4.78, 5) is 15.5. The van der Waals surface area contributed by atoms with E-state index in [1.54, 1.807) is 0 Å². The maximum atomic E-state index is 13.1. The minimum absolute atomic E-state index is 0.219. The fraction of sp³-hybridized carbons (Fsp3) is 0.286. The molecule has 0 spiro atoms. The third-order valence-corrected chi connectivity index (χ3v) is 4.88. The minimum Gasteiger partial charge on any atom is -0.374 e. The highest BCUT2D eigenvalue weighted by Crippen LogP contribution is 2.51. The van der Waals surface area contributed by atoms with Crippen LogP contribution in [0.25, 0.3) is 0 Å². The molecule has 2 aromatic rings. The van der Waals surface area contributed by atoms with E-state index >= 15 is 0 Å². The average Bonchev–Trinajstić information content (AvgIpc) is 2.63. The van der Waals surface area contributed by atoms with E-state index in [4.69, 9.17) is 0 Å². The summed E-state index contributed by atoms with van der Waals surface area (Å²) < 4.78 is 0. The van der Waals surface area contributed by atoms with Crippen LogP contribution in [0.15, 0.2) is 71.9 Å². The van der Waals surface area contributed by atoms with Crippen LogP contribution in [0.5, 0.6) is 0 Å². The van der Waals surface area contributed by atoms with Gasteiger partial charge in [-0.1, -0.05) is 60.7 Å². The number of nitrogens with zero attached hydrogens (tertiary/aromatic N) is 1. The first-order valence-electron chi connectivity index (χ1n) is 8.30. The molecule has 0 radical (unpaired) electrons. The van der Waals surface area contributed by atoms with Gasteiger partial charge in [0, 0.05) is 24.4 Å². The second-order valence-electron chi connectivity index (χ2n) is 5.96. The van der Waals surface area contributed by atoms with Crippen LogP contribution in [0.2, 0.25) is 0 Å². The molecule has 0 bridgehead atoms. The summed E-state index contributed by atoms with van der Waals surface area (Å²) in [5, 5.41) is 0. The first-order valence-corrected chi connectivity index (χ1v) is 8.30. The molecule has 0 heterocycles. The number of allylic oxidation sites excluding steroid dienone is 2. The third kappa shape index (κ3) is 2.13. The van der Waals surface area contributed by atoms with Gasteiger partial charge in [0.25, 0.3) is 0 Å². The number of hydrogen-bond donors (Lipinski definition) is 0. The van der Waals surface area contributed by atoms with E-state index in [1.165, 1.54) is 0 Å². The van der Waals surface area contributed by atoms with Crippen LogP contribution in [0.3, 0.4) is 0 Å². The van der Waals surface area contributed by atoms with Crippen LogP contribution in [-0.4, -0.2) is 23.8 Å². The van der Waals surface area contributed by atoms with Crippen LogP contribution < -0.4 is 0 Å². The van der Waals surface area contributed by atoms with Gasteiger partial charge < -0.3 is 4.90 Å². The molecule has 1 aliphatic carbocycles. The number of benzene rings is 2. The smallest absolute Gasteiger partial charge is 0.181 e. The van der Waals surface area contributed by atoms with Crippen LogP contribution in [0, 0.1) is 0 Å². The zero-order valence-electron chi connectivity index (χ0n) is 14.0. The summed E-state index contributed by atoms with van der Waals surface area (Å²) in [5.41, 5.74) is 3.51. The quantitative estimate of drug-likeness (QED) is 0.826. The molecule has 3 rings (SSSR count). The Labute approximate surface area is 138 Å². The van der Waals surface area contributed by atoms with Crippen molar-refractivity contribution in [2.24, 2.45) is 0 Å². The van der Waals surface area contributed by atoms with E-state index in [2.05, 4.69) is 43.0 Å². The van der Waals surface area contributed by atoms with Gasteiger partial charge in [-0.15, -0.1) is 0 Å². The Bertz CT molecular complexity index is 687. The summed E-state index contributed by atoms with van der Waals surface area (Å²) in [6.45, 7) is 8.05. The first-order chi connectivity index (χ1) is 11.2. The van der Waals surface area contributed by atoms with Gasteiger partial charge in [0.1, 0.15) is 5.41 Å². The molecule has 0 saturated carbocycles. The molecule has 0 unspecified atom stereocenters. The van der Waals surface area contributed by atoms with Gasteiger partial charge in [0.2, 0.25) is 0 Å². The summed E-state index contributed by atoms with van der Waals surface area (Å²) in [7, 11) is 0. The maximum Gasteiger partial charge on any atom is 0.181 e. The normalized spacial score (nSPS) is 16.2. The predicted octanol–water partition coefficient (Wildman–Crippen LogP) is 4.17. The molecule has 118 valence electrons. The Kier molecular flexibility index (Phi) is 4.08. The predicted molar refractivity (Wildman–Crippen MR) is 94.3 cm³/mol. The maximum absolute atomic E-state index is 13.1. The van der Waals surface area contributed by atoms with Crippen LogP contribution >= 0.6 is 0 Å². The van der Waals surface area contributed by atoms with Crippen molar-refractivity contribution in [3.8, 4) is 0 Å². The van der Waals surface area contributed by atoms with E-state index in [-0.39, 0.29) is 5.78 Å². The third-order valence-electron chi connectivity index (χ3n) is 4.88. The Morgan fingerprint density at radius 3 is 1.65 bits per heavy atom. The highest BCUT2D eigenvalue weighted by Gasteiger charge is 2.55. The lowest BCUT2D eigenvalue weighted by Crippen LogP contribution is -2.54. The summed E-state index contributed by atoms with van der Waals surface area (Å²) >= 11 is 0. The van der Waals surface area contributed by atoms with Gasteiger partial charge in [-0.05, 0) is 31.9 Å². The molecule has 2 nitrogen and oxygen atoms in total. The standard InChI is InChI=1S/C21H23NO/c1-4-22(5-2)19-16(3)20(23)21(19,17-12-8-6-9-13-17)18-14-10-7-11-15-18/h6-15H,4-5H2,1-3H3. The fourth-order valence-corrected chi connectivity index (χ4v) is 3.81. The largest absolute Gasteiger partial charge is 0.374 e. The molecule has 2 aromatic carbocycles. The number of carbonyl (C=O) groups excluding carboxylic acids is 1. The molecule has 0 aliphatic heterocycles. The fourth-order valence-electron chi connectivity index (χ4n) is 3.81. The van der Waals surface area contributed by atoms with Crippen molar-refractivity contribution in [3.05, 3.63) is 83.1 Å². The second kappa shape index (κ2) is 6.04. The van der Waals surface area contributed by atoms with Gasteiger partial charge in [0.15, 0.2) is 5.78 Å². The van der Waals surface area contributed by atoms with E-state index in [0.29, 0.717) is 0 Å². The van der Waals surface area contributed by atoms with Crippen LogP contribution in [-0.2, 0) is 10.2 Å². The summed E-state index contributed by atoms with van der Waals surface area (Å²) in [6, 6.07) is 20.3. The Morgan fingerprint density at radius 1 is 0.826 bits per heavy atom. The zero-order valence-corrected chi connectivity index (χ0v) is 14.0. The molecule has 23 heavy (non-hydrogen) atoms. The molecule has 0 fully saturated rings. The van der Waals surface area contributed by atoms with Crippen LogP contribution in [0.1, 0.15) is 31.9 Å².